The Hall–Kier alpha value is -3.41. The predicted molar refractivity (Wildman–Crippen MR) is 137 cm³/mol. The lowest BCUT2D eigenvalue weighted by Crippen LogP contribution is -2.68. The summed E-state index contributed by atoms with van der Waals surface area (Å²) < 4.78 is 0. The first-order valence-corrected chi connectivity index (χ1v) is 11.9. The van der Waals surface area contributed by atoms with E-state index < -0.39 is 5.41 Å². The summed E-state index contributed by atoms with van der Waals surface area (Å²) in [7, 11) is 0. The van der Waals surface area contributed by atoms with Gasteiger partial charge in [0.2, 0.25) is 10.9 Å². The van der Waals surface area contributed by atoms with Crippen molar-refractivity contribution in [1.29, 1.82) is 0 Å². The molecule has 0 saturated heterocycles. The molecule has 0 radical (unpaired) electrons. The van der Waals surface area contributed by atoms with Crippen molar-refractivity contribution in [2.45, 2.75) is 71.3 Å². The quantitative estimate of drug-likeness (QED) is 0.655. The molecule has 4 heterocycles. The highest BCUT2D eigenvalue weighted by Crippen LogP contribution is 2.44. The fourth-order valence-electron chi connectivity index (χ4n) is 5.79. The van der Waals surface area contributed by atoms with E-state index in [9.17, 15) is 9.59 Å². The molecular weight excluding hydrogens is 424 g/mol. The van der Waals surface area contributed by atoms with Gasteiger partial charge in [-0.05, 0) is 36.1 Å². The van der Waals surface area contributed by atoms with E-state index in [1.807, 2.05) is 38.4 Å². The topological polar surface area (TPSA) is 84.3 Å². The molecule has 0 amide bonds. The number of pyridine rings is 2. The van der Waals surface area contributed by atoms with E-state index >= 15 is 0 Å². The first-order chi connectivity index (χ1) is 16.1. The highest BCUT2D eigenvalue weighted by atomic mass is 16.1. The SMILES string of the molecule is CCC(C1=Nc2ccncc2C1(C)C)=c1c(=O)c(=C(CC)C2Nc3ccncc3C2(C)C)c1=O. The maximum absolute atomic E-state index is 13.6. The van der Waals surface area contributed by atoms with Crippen LogP contribution in [-0.4, -0.2) is 21.7 Å². The Morgan fingerprint density at radius 3 is 2.15 bits per heavy atom. The number of aromatic nitrogens is 2. The van der Waals surface area contributed by atoms with Crippen LogP contribution in [0.4, 0.5) is 11.4 Å². The van der Waals surface area contributed by atoms with Gasteiger partial charge in [0.25, 0.3) is 0 Å². The fourth-order valence-corrected chi connectivity index (χ4v) is 5.79. The number of rotatable bonds is 4. The van der Waals surface area contributed by atoms with Crippen molar-refractivity contribution in [2.75, 3.05) is 5.32 Å². The number of nitrogens with one attached hydrogen (secondary N) is 1. The minimum Gasteiger partial charge on any atom is -0.377 e. The molecule has 0 aliphatic carbocycles. The summed E-state index contributed by atoms with van der Waals surface area (Å²) in [4.78, 5) is 40.6. The Morgan fingerprint density at radius 1 is 0.912 bits per heavy atom. The number of nitrogens with zero attached hydrogens (tertiary/aromatic N) is 3. The first-order valence-electron chi connectivity index (χ1n) is 11.9. The number of hydrogen-bond donors (Lipinski definition) is 1. The van der Waals surface area contributed by atoms with Crippen molar-refractivity contribution in [3.05, 3.63) is 78.9 Å². The van der Waals surface area contributed by atoms with Crippen molar-refractivity contribution < 1.29 is 0 Å². The molecule has 2 aliphatic rings. The minimum absolute atomic E-state index is 0.137. The molecule has 2 aliphatic heterocycles. The molecule has 6 heteroatoms. The van der Waals surface area contributed by atoms with Gasteiger partial charge in [0.15, 0.2) is 0 Å². The lowest BCUT2D eigenvalue weighted by molar-refractivity contribution is 0.517. The molecule has 1 unspecified atom stereocenters. The van der Waals surface area contributed by atoms with Crippen LogP contribution in [0.15, 0.2) is 51.5 Å². The maximum atomic E-state index is 13.6. The molecule has 1 aromatic carbocycles. The maximum Gasteiger partial charge on any atom is 0.201 e. The Morgan fingerprint density at radius 2 is 1.56 bits per heavy atom. The predicted octanol–water partition coefficient (Wildman–Crippen LogP) is 3.03. The second-order valence-corrected chi connectivity index (χ2v) is 10.3. The van der Waals surface area contributed by atoms with Gasteiger partial charge in [-0.1, -0.05) is 41.5 Å². The summed E-state index contributed by atoms with van der Waals surface area (Å²) in [5.74, 6) is 0. The smallest absolute Gasteiger partial charge is 0.201 e. The summed E-state index contributed by atoms with van der Waals surface area (Å²) in [5, 5.41) is 4.19. The lowest BCUT2D eigenvalue weighted by Gasteiger charge is -2.29. The zero-order chi connectivity index (χ0) is 24.4. The van der Waals surface area contributed by atoms with Crippen molar-refractivity contribution in [3.63, 3.8) is 0 Å². The molecule has 0 spiro atoms. The first kappa shape index (κ1) is 22.4. The zero-order valence-electron chi connectivity index (χ0n) is 20.6. The molecule has 34 heavy (non-hydrogen) atoms. The average molecular weight is 455 g/mol. The van der Waals surface area contributed by atoms with E-state index in [0.717, 1.165) is 39.4 Å². The van der Waals surface area contributed by atoms with Gasteiger partial charge in [-0.25, -0.2) is 0 Å². The molecule has 6 nitrogen and oxygen atoms in total. The van der Waals surface area contributed by atoms with Gasteiger partial charge < -0.3 is 5.32 Å². The third-order valence-corrected chi connectivity index (χ3v) is 7.73. The van der Waals surface area contributed by atoms with Gasteiger partial charge in [0, 0.05) is 52.4 Å². The molecular formula is C28H30N4O2. The number of aliphatic imine (C=N–C) groups is 1. The van der Waals surface area contributed by atoms with Gasteiger partial charge in [0.1, 0.15) is 0 Å². The van der Waals surface area contributed by atoms with Gasteiger partial charge in [-0.15, -0.1) is 0 Å². The van der Waals surface area contributed by atoms with E-state index in [4.69, 9.17) is 4.99 Å². The summed E-state index contributed by atoms with van der Waals surface area (Å²) in [6.07, 6.45) is 8.36. The van der Waals surface area contributed by atoms with E-state index in [-0.39, 0.29) is 22.3 Å². The zero-order valence-corrected chi connectivity index (χ0v) is 20.6. The lowest BCUT2D eigenvalue weighted by atomic mass is 9.76. The Kier molecular flexibility index (Phi) is 4.97. The van der Waals surface area contributed by atoms with Crippen molar-refractivity contribution in [3.8, 4) is 0 Å². The Bertz CT molecular complexity index is 1520. The van der Waals surface area contributed by atoms with Crippen molar-refractivity contribution in [1.82, 2.24) is 9.97 Å². The van der Waals surface area contributed by atoms with Crippen molar-refractivity contribution >= 4 is 28.2 Å². The summed E-state index contributed by atoms with van der Waals surface area (Å²) >= 11 is 0. The van der Waals surface area contributed by atoms with Crippen LogP contribution in [0.2, 0.25) is 0 Å². The highest BCUT2D eigenvalue weighted by molar-refractivity contribution is 6.26. The monoisotopic (exact) mass is 454 g/mol. The van der Waals surface area contributed by atoms with Gasteiger partial charge in [0.05, 0.1) is 27.9 Å². The average Bonchev–Trinajstić information content (AvgIpc) is 3.25. The molecule has 0 saturated carbocycles. The van der Waals surface area contributed by atoms with E-state index in [1.54, 1.807) is 12.4 Å². The van der Waals surface area contributed by atoms with Gasteiger partial charge in [-0.3, -0.25) is 24.5 Å². The number of anilines is 1. The molecule has 2 aromatic heterocycles. The third kappa shape index (κ3) is 2.90. The van der Waals surface area contributed by atoms with Crippen LogP contribution in [0.5, 0.6) is 0 Å². The van der Waals surface area contributed by atoms with Crippen LogP contribution >= 0.6 is 0 Å². The van der Waals surface area contributed by atoms with Crippen LogP contribution in [0.1, 0.15) is 65.5 Å². The molecule has 0 bridgehead atoms. The Labute approximate surface area is 198 Å². The van der Waals surface area contributed by atoms with Crippen LogP contribution < -0.4 is 26.6 Å². The summed E-state index contributed by atoms with van der Waals surface area (Å²) in [6.45, 7) is 12.4. The second kappa shape index (κ2) is 7.55. The van der Waals surface area contributed by atoms with E-state index in [1.165, 1.54) is 0 Å². The molecule has 5 rings (SSSR count). The minimum atomic E-state index is -0.417. The summed E-state index contributed by atoms with van der Waals surface area (Å²) in [6, 6.07) is 3.70. The molecule has 3 aromatic rings. The van der Waals surface area contributed by atoms with Gasteiger partial charge in [-0.2, -0.15) is 0 Å². The molecule has 174 valence electrons. The second-order valence-electron chi connectivity index (χ2n) is 10.3. The van der Waals surface area contributed by atoms with E-state index in [0.29, 0.717) is 23.3 Å². The number of hydrogen-bond acceptors (Lipinski definition) is 6. The standard InChI is InChI=1S/C28H30N4O2/c1-7-15(25-27(3,4)17-13-29-11-9-19(17)31-25)21-23(33)22(24(21)34)16(8-2)26-28(5,6)18-14-30-12-10-20(18)32-26/h9-14,25,31H,7-8H2,1-6H3. The third-order valence-electron chi connectivity index (χ3n) is 7.73. The molecule has 1 atom stereocenters. The summed E-state index contributed by atoms with van der Waals surface area (Å²) in [5.41, 5.74) is 5.38. The van der Waals surface area contributed by atoms with Crippen LogP contribution in [0.25, 0.3) is 11.1 Å². The Balaban J connectivity index is 1.71. The fraction of sp³-hybridized carbons (Fsp3) is 0.393. The van der Waals surface area contributed by atoms with Crippen LogP contribution in [-0.2, 0) is 10.8 Å². The largest absolute Gasteiger partial charge is 0.377 e. The van der Waals surface area contributed by atoms with E-state index in [2.05, 4.69) is 43.0 Å². The number of fused-ring (bicyclic) bond motifs is 2. The molecule has 0 fully saturated rings. The molecule has 1 N–H and O–H groups in total. The van der Waals surface area contributed by atoms with Crippen molar-refractivity contribution in [2.24, 2.45) is 4.99 Å². The van der Waals surface area contributed by atoms with Crippen LogP contribution in [0.3, 0.4) is 0 Å². The van der Waals surface area contributed by atoms with Crippen LogP contribution in [0, 0.1) is 0 Å². The normalized spacial score (nSPS) is 19.4. The highest BCUT2D eigenvalue weighted by Gasteiger charge is 2.42. The van der Waals surface area contributed by atoms with Gasteiger partial charge >= 0.3 is 0 Å².